The summed E-state index contributed by atoms with van der Waals surface area (Å²) in [5, 5.41) is 7.78. The third kappa shape index (κ3) is 7.21. The zero-order valence-corrected chi connectivity index (χ0v) is 38.6. The number of carbonyl (C=O) groups is 4. The molecule has 12 rings (SSSR count). The molecule has 2 aromatic carbocycles. The molecule has 4 amide bonds. The molecular weight excluding hydrogens is 871 g/mol. The van der Waals surface area contributed by atoms with Gasteiger partial charge < -0.3 is 33.6 Å². The largest absolute Gasteiger partial charge is 0.495 e. The highest BCUT2D eigenvalue weighted by atomic mass is 19.3. The molecule has 1 unspecified atom stereocenters. The summed E-state index contributed by atoms with van der Waals surface area (Å²) in [6.07, 6.45) is 9.74. The van der Waals surface area contributed by atoms with Gasteiger partial charge in [0.1, 0.15) is 17.4 Å². The van der Waals surface area contributed by atoms with Crippen molar-refractivity contribution in [2.75, 3.05) is 62.7 Å². The molecule has 15 nitrogen and oxygen atoms in total. The number of aryl methyl sites for hydroxylation is 1. The summed E-state index contributed by atoms with van der Waals surface area (Å²) in [5.74, 6) is 1.12. The number of benzene rings is 2. The Balaban J connectivity index is 0.00000520. The molecule has 17 heteroatoms. The van der Waals surface area contributed by atoms with Crippen molar-refractivity contribution in [2.24, 2.45) is 11.3 Å². The number of alkyl halides is 2. The minimum absolute atomic E-state index is 0. The zero-order chi connectivity index (χ0) is 46.6. The van der Waals surface area contributed by atoms with Crippen LogP contribution in [0.4, 0.5) is 26.0 Å². The minimum atomic E-state index is -2.73. The molecule has 7 aliphatic rings. The number of methoxy groups -OCH3 is 1. The van der Waals surface area contributed by atoms with Crippen molar-refractivity contribution in [1.29, 1.82) is 0 Å². The van der Waals surface area contributed by atoms with Crippen LogP contribution in [0, 0.1) is 11.3 Å². The number of nitrogens with zero attached hydrogens (tertiary/aromatic N) is 9. The van der Waals surface area contributed by atoms with Gasteiger partial charge in [0.25, 0.3) is 12.3 Å². The van der Waals surface area contributed by atoms with Crippen LogP contribution >= 0.6 is 0 Å². The molecule has 1 aliphatic carbocycles. The van der Waals surface area contributed by atoms with E-state index < -0.39 is 12.5 Å². The summed E-state index contributed by atoms with van der Waals surface area (Å²) < 4.78 is 40.1. The van der Waals surface area contributed by atoms with Crippen LogP contribution in [-0.2, 0) is 40.3 Å². The van der Waals surface area contributed by atoms with Crippen molar-refractivity contribution in [2.45, 2.75) is 96.3 Å². The van der Waals surface area contributed by atoms with Gasteiger partial charge in [-0.3, -0.25) is 29.2 Å². The maximum Gasteiger partial charge on any atom is 0.264 e. The van der Waals surface area contributed by atoms with E-state index in [2.05, 4.69) is 35.7 Å². The molecule has 3 aromatic heterocycles. The monoisotopic (exact) mass is 928 g/mol. The molecule has 356 valence electrons. The average molecular weight is 929 g/mol. The van der Waals surface area contributed by atoms with E-state index in [1.807, 2.05) is 33.6 Å². The number of ether oxygens (including phenoxy) is 1. The Morgan fingerprint density at radius 3 is 2.53 bits per heavy atom. The van der Waals surface area contributed by atoms with E-state index in [9.17, 15) is 19.2 Å². The molecule has 6 aliphatic heterocycles. The summed E-state index contributed by atoms with van der Waals surface area (Å²) in [5.41, 5.74) is 8.53. The van der Waals surface area contributed by atoms with Crippen LogP contribution in [0.2, 0.25) is 0 Å². The van der Waals surface area contributed by atoms with Gasteiger partial charge in [-0.15, -0.1) is 0 Å². The molecule has 1 spiro atoms. The summed E-state index contributed by atoms with van der Waals surface area (Å²) in [6, 6.07) is 11.0. The molecule has 1 N–H and O–H groups in total. The van der Waals surface area contributed by atoms with Crippen LogP contribution in [0.3, 0.4) is 0 Å². The van der Waals surface area contributed by atoms with Crippen LogP contribution in [0.5, 0.6) is 5.75 Å². The number of fused-ring (bicyclic) bond motifs is 4. The lowest BCUT2D eigenvalue weighted by molar-refractivity contribution is -0.137. The first-order valence-electron chi connectivity index (χ1n) is 24.3. The predicted octanol–water partition coefficient (Wildman–Crippen LogP) is 6.69. The first-order chi connectivity index (χ1) is 32.9. The number of nitrogens with one attached hydrogen (secondary N) is 1. The third-order valence-corrected chi connectivity index (χ3v) is 16.2. The van der Waals surface area contributed by atoms with Crippen LogP contribution in [0.1, 0.15) is 104 Å². The number of carbonyl (C=O) groups excluding carboxylic acids is 4. The van der Waals surface area contributed by atoms with Gasteiger partial charge in [0, 0.05) is 131 Å². The van der Waals surface area contributed by atoms with E-state index in [0.717, 1.165) is 98.0 Å². The second-order valence-electron chi connectivity index (χ2n) is 20.4. The topological polar surface area (TPSA) is 141 Å². The van der Waals surface area contributed by atoms with Crippen molar-refractivity contribution in [1.82, 2.24) is 39.2 Å². The number of likely N-dealkylation sites (tertiary alicyclic amines) is 1. The first kappa shape index (κ1) is 43.0. The second kappa shape index (κ2) is 16.4. The average Bonchev–Trinajstić information content (AvgIpc) is 4.03. The minimum Gasteiger partial charge on any atom is -0.495 e. The number of hydrogen-bond donors (Lipinski definition) is 1. The maximum atomic E-state index is 15.2. The van der Waals surface area contributed by atoms with Crippen LogP contribution in [-0.4, -0.2) is 116 Å². The number of rotatable bonds is 9. The van der Waals surface area contributed by atoms with Crippen molar-refractivity contribution in [3.63, 3.8) is 0 Å². The Morgan fingerprint density at radius 2 is 1.76 bits per heavy atom. The maximum absolute atomic E-state index is 15.2. The number of amides is 4. The molecular formula is C51H58F2N10O5. The van der Waals surface area contributed by atoms with Crippen LogP contribution in [0.25, 0.3) is 16.8 Å². The highest BCUT2D eigenvalue weighted by Gasteiger charge is 2.53. The van der Waals surface area contributed by atoms with Crippen molar-refractivity contribution >= 4 is 46.5 Å². The van der Waals surface area contributed by atoms with Crippen LogP contribution < -0.4 is 19.9 Å². The molecule has 9 heterocycles. The standard InChI is InChI=1S/C51H56F2N10O5.H2/c1-30(64)58-16-11-41-40(26-58)48(61-13-3-4-32-19-37(39(47(52)53)20-43(32)61)38-21-45-54-12-17-59(45)27-44(38)68-2)56-63(41)34-9-14-57(15-10-34)24-31-22-51(23-31)28-60(29-51)35-5-6-36-33(18-35)25-62(50(36)67)42-7-8-46(65)55-49(42)66;/h5-6,12,17-21,27,31,34,42,47H,3-4,7-11,13-16,22-26,28-29H2,1-2H3,(H,55,65,66);1H. The summed E-state index contributed by atoms with van der Waals surface area (Å²) in [6.45, 7) is 8.76. The highest BCUT2D eigenvalue weighted by molar-refractivity contribution is 6.05. The number of aromatic nitrogens is 4. The van der Waals surface area contributed by atoms with Gasteiger partial charge in [0.2, 0.25) is 17.7 Å². The van der Waals surface area contributed by atoms with Gasteiger partial charge in [-0.25, -0.2) is 13.8 Å². The summed E-state index contributed by atoms with van der Waals surface area (Å²) in [7, 11) is 1.55. The molecule has 0 bridgehead atoms. The van der Waals surface area contributed by atoms with Gasteiger partial charge >= 0.3 is 0 Å². The molecule has 1 saturated carbocycles. The van der Waals surface area contributed by atoms with Gasteiger partial charge in [-0.1, -0.05) is 0 Å². The van der Waals surface area contributed by atoms with Gasteiger partial charge in [0.15, 0.2) is 5.82 Å². The van der Waals surface area contributed by atoms with Crippen LogP contribution in [0.15, 0.2) is 55.0 Å². The van der Waals surface area contributed by atoms with E-state index in [1.165, 1.54) is 12.8 Å². The Morgan fingerprint density at radius 1 is 0.941 bits per heavy atom. The third-order valence-electron chi connectivity index (χ3n) is 16.2. The van der Waals surface area contributed by atoms with E-state index in [4.69, 9.17) is 9.84 Å². The number of piperidine rings is 2. The fourth-order valence-corrected chi connectivity index (χ4v) is 12.8. The Bertz CT molecular complexity index is 2900. The first-order valence-corrected chi connectivity index (χ1v) is 24.3. The Kier molecular flexibility index (Phi) is 10.4. The van der Waals surface area contributed by atoms with Gasteiger partial charge in [0.05, 0.1) is 25.9 Å². The summed E-state index contributed by atoms with van der Waals surface area (Å²) >= 11 is 0. The lowest BCUT2D eigenvalue weighted by atomic mass is 9.57. The molecule has 5 aromatic rings. The number of imide groups is 1. The fourth-order valence-electron chi connectivity index (χ4n) is 12.8. The number of halogens is 2. The van der Waals surface area contributed by atoms with E-state index in [1.54, 1.807) is 43.6 Å². The van der Waals surface area contributed by atoms with Gasteiger partial charge in [-0.2, -0.15) is 5.10 Å². The smallest absolute Gasteiger partial charge is 0.264 e. The SMILES string of the molecule is COc1cn2ccnc2cc1-c1cc2c(cc1C(F)F)N(c1nn(C3CCN(CC4CC5(C4)CN(c4ccc6c(c4)CN(C4CCC(=O)NC4=O)C6=O)C5)CC3)c3c1CN(C(C)=O)CC3)CCC2.[HH]. The van der Waals surface area contributed by atoms with Crippen molar-refractivity contribution < 1.29 is 34.1 Å². The van der Waals surface area contributed by atoms with Gasteiger partial charge in [-0.05, 0) is 104 Å². The Hall–Kier alpha value is -6.36. The summed E-state index contributed by atoms with van der Waals surface area (Å²) in [4.78, 5) is 65.3. The van der Waals surface area contributed by atoms with E-state index in [-0.39, 0.29) is 43.1 Å². The second-order valence-corrected chi connectivity index (χ2v) is 20.4. The zero-order valence-electron chi connectivity index (χ0n) is 38.6. The number of hydrogen-bond acceptors (Lipinski definition) is 10. The number of imidazole rings is 1. The Labute approximate surface area is 394 Å². The van der Waals surface area contributed by atoms with E-state index in [0.29, 0.717) is 78.4 Å². The van der Waals surface area contributed by atoms with E-state index >= 15 is 8.78 Å². The van der Waals surface area contributed by atoms with Crippen molar-refractivity contribution in [3.05, 3.63) is 88.5 Å². The normalized spacial score (nSPS) is 21.8. The lowest BCUT2D eigenvalue weighted by Crippen LogP contribution is -2.63. The fraction of sp³-hybridized carbons (Fsp3) is 0.490. The lowest BCUT2D eigenvalue weighted by Gasteiger charge is -2.60. The van der Waals surface area contributed by atoms with Crippen molar-refractivity contribution in [3.8, 4) is 16.9 Å². The predicted molar refractivity (Wildman–Crippen MR) is 251 cm³/mol. The quantitative estimate of drug-likeness (QED) is 0.159. The number of anilines is 3. The molecule has 3 saturated heterocycles. The molecule has 1 atom stereocenters. The molecule has 68 heavy (non-hydrogen) atoms. The number of pyridine rings is 1. The molecule has 0 radical (unpaired) electrons. The highest BCUT2D eigenvalue weighted by Crippen LogP contribution is 2.54. The molecule has 4 fully saturated rings.